The predicted octanol–water partition coefficient (Wildman–Crippen LogP) is 4.78. The monoisotopic (exact) mass is 385 g/mol. The Morgan fingerprint density at radius 1 is 0.966 bits per heavy atom. The molecule has 2 aromatic heterocycles. The van der Waals surface area contributed by atoms with Crippen molar-refractivity contribution in [2.45, 2.75) is 33.6 Å². The summed E-state index contributed by atoms with van der Waals surface area (Å²) in [7, 11) is 0. The van der Waals surface area contributed by atoms with Crippen LogP contribution in [-0.4, -0.2) is 25.7 Å². The van der Waals surface area contributed by atoms with Gasteiger partial charge in [-0.2, -0.15) is 5.10 Å². The molecule has 2 heterocycles. The Morgan fingerprint density at radius 3 is 2.31 bits per heavy atom. The number of carbonyl (C=O) groups excluding carboxylic acids is 1. The zero-order valence-electron chi connectivity index (χ0n) is 17.0. The van der Waals surface area contributed by atoms with E-state index in [1.807, 2.05) is 68.4 Å². The number of amides is 1. The normalized spacial score (nSPS) is 11.2. The highest BCUT2D eigenvalue weighted by atomic mass is 16.2. The zero-order valence-corrected chi connectivity index (χ0v) is 17.0. The molecular formula is C23H23N5O. The summed E-state index contributed by atoms with van der Waals surface area (Å²) in [6.07, 6.45) is 0. The van der Waals surface area contributed by atoms with Gasteiger partial charge < -0.3 is 5.32 Å². The number of aryl methyl sites for hydroxylation is 2. The molecular weight excluding hydrogens is 362 g/mol. The van der Waals surface area contributed by atoms with E-state index in [2.05, 4.69) is 29.4 Å². The molecule has 0 spiro atoms. The van der Waals surface area contributed by atoms with Gasteiger partial charge in [0.05, 0.1) is 17.0 Å². The Morgan fingerprint density at radius 2 is 1.66 bits per heavy atom. The molecule has 0 saturated heterocycles. The molecule has 2 aromatic carbocycles. The molecule has 0 aliphatic heterocycles. The average Bonchev–Trinajstić information content (AvgIpc) is 3.11. The second-order valence-electron chi connectivity index (χ2n) is 7.47. The van der Waals surface area contributed by atoms with Crippen LogP contribution in [0.15, 0.2) is 54.6 Å². The molecule has 1 N–H and O–H groups in total. The fraction of sp³-hybridized carbons (Fsp3) is 0.217. The van der Waals surface area contributed by atoms with E-state index in [-0.39, 0.29) is 17.5 Å². The number of rotatable bonds is 4. The minimum absolute atomic E-state index is 0.205. The standard InChI is InChI=1S/C23H23N5O/c1-14(2)20-19(17-8-6-5-7-9-17)22-26-25-21(16(4)28(22)27-20)23(29)24-18-12-10-15(3)11-13-18/h5-14H,1-4H3,(H,24,29). The van der Waals surface area contributed by atoms with Gasteiger partial charge in [-0.3, -0.25) is 4.79 Å². The summed E-state index contributed by atoms with van der Waals surface area (Å²) < 4.78 is 1.73. The molecule has 6 heteroatoms. The van der Waals surface area contributed by atoms with Crippen LogP contribution >= 0.6 is 0 Å². The molecule has 1 amide bonds. The number of hydrogen-bond acceptors (Lipinski definition) is 4. The van der Waals surface area contributed by atoms with Crippen LogP contribution in [0.4, 0.5) is 5.69 Å². The molecule has 0 saturated carbocycles. The van der Waals surface area contributed by atoms with Crippen LogP contribution in [0.3, 0.4) is 0 Å². The first-order valence-corrected chi connectivity index (χ1v) is 9.65. The summed E-state index contributed by atoms with van der Waals surface area (Å²) >= 11 is 0. The zero-order chi connectivity index (χ0) is 20.5. The van der Waals surface area contributed by atoms with Gasteiger partial charge in [-0.15, -0.1) is 10.2 Å². The lowest BCUT2D eigenvalue weighted by Gasteiger charge is -2.08. The number of aromatic nitrogens is 4. The van der Waals surface area contributed by atoms with Gasteiger partial charge in [0.25, 0.3) is 5.91 Å². The Balaban J connectivity index is 1.80. The van der Waals surface area contributed by atoms with Crippen LogP contribution < -0.4 is 5.32 Å². The van der Waals surface area contributed by atoms with Crippen LogP contribution in [0.2, 0.25) is 0 Å². The topological polar surface area (TPSA) is 72.2 Å². The lowest BCUT2D eigenvalue weighted by molar-refractivity contribution is 0.102. The molecule has 0 radical (unpaired) electrons. The molecule has 0 bridgehead atoms. The molecule has 6 nitrogen and oxygen atoms in total. The third-order valence-electron chi connectivity index (χ3n) is 4.93. The quantitative estimate of drug-likeness (QED) is 0.548. The summed E-state index contributed by atoms with van der Waals surface area (Å²) in [6.45, 7) is 8.05. The summed E-state index contributed by atoms with van der Waals surface area (Å²) in [5.41, 5.74) is 6.36. The van der Waals surface area contributed by atoms with Crippen LogP contribution in [0, 0.1) is 13.8 Å². The van der Waals surface area contributed by atoms with E-state index in [0.29, 0.717) is 11.3 Å². The summed E-state index contributed by atoms with van der Waals surface area (Å²) in [5, 5.41) is 16.3. The molecule has 0 atom stereocenters. The van der Waals surface area contributed by atoms with Crippen molar-refractivity contribution in [3.8, 4) is 11.1 Å². The van der Waals surface area contributed by atoms with Crippen molar-refractivity contribution in [2.75, 3.05) is 5.32 Å². The van der Waals surface area contributed by atoms with Crippen molar-refractivity contribution in [2.24, 2.45) is 0 Å². The van der Waals surface area contributed by atoms with Gasteiger partial charge >= 0.3 is 0 Å². The van der Waals surface area contributed by atoms with Crippen molar-refractivity contribution >= 4 is 17.2 Å². The minimum atomic E-state index is -0.302. The highest BCUT2D eigenvalue weighted by molar-refractivity contribution is 6.03. The number of benzene rings is 2. The van der Waals surface area contributed by atoms with E-state index >= 15 is 0 Å². The van der Waals surface area contributed by atoms with Gasteiger partial charge in [-0.25, -0.2) is 4.52 Å². The van der Waals surface area contributed by atoms with Crippen LogP contribution in [-0.2, 0) is 0 Å². The Bertz CT molecular complexity index is 1180. The van der Waals surface area contributed by atoms with E-state index in [1.165, 1.54) is 0 Å². The maximum absolute atomic E-state index is 12.8. The first-order valence-electron chi connectivity index (χ1n) is 9.65. The molecule has 0 aliphatic rings. The Hall–Kier alpha value is -3.54. The SMILES string of the molecule is Cc1ccc(NC(=O)c2nnc3c(-c4ccccc4)c(C(C)C)nn3c2C)cc1. The van der Waals surface area contributed by atoms with Gasteiger partial charge in [0, 0.05) is 5.69 Å². The molecule has 4 rings (SSSR count). The number of nitrogens with zero attached hydrogens (tertiary/aromatic N) is 4. The Labute approximate surface area is 169 Å². The first kappa shape index (κ1) is 18.8. The fourth-order valence-electron chi connectivity index (χ4n) is 3.34. The van der Waals surface area contributed by atoms with E-state index in [4.69, 9.17) is 5.10 Å². The van der Waals surface area contributed by atoms with Crippen LogP contribution in [0.1, 0.15) is 47.2 Å². The van der Waals surface area contributed by atoms with E-state index in [0.717, 1.165) is 28.1 Å². The molecule has 0 aliphatic carbocycles. The second kappa shape index (κ2) is 7.47. The third kappa shape index (κ3) is 3.49. The van der Waals surface area contributed by atoms with Gasteiger partial charge in [-0.1, -0.05) is 61.9 Å². The summed E-state index contributed by atoms with van der Waals surface area (Å²) in [6, 6.07) is 17.7. The molecule has 4 aromatic rings. The highest BCUT2D eigenvalue weighted by Gasteiger charge is 2.23. The van der Waals surface area contributed by atoms with Crippen LogP contribution in [0.5, 0.6) is 0 Å². The minimum Gasteiger partial charge on any atom is -0.321 e. The maximum Gasteiger partial charge on any atom is 0.278 e. The van der Waals surface area contributed by atoms with Gasteiger partial charge in [-0.05, 0) is 37.5 Å². The summed E-state index contributed by atoms with van der Waals surface area (Å²) in [4.78, 5) is 12.8. The molecule has 29 heavy (non-hydrogen) atoms. The van der Waals surface area contributed by atoms with Gasteiger partial charge in [0.1, 0.15) is 0 Å². The fourth-order valence-corrected chi connectivity index (χ4v) is 3.34. The van der Waals surface area contributed by atoms with Crippen molar-refractivity contribution in [1.29, 1.82) is 0 Å². The Kier molecular flexibility index (Phi) is 4.84. The number of anilines is 1. The number of fused-ring (bicyclic) bond motifs is 1. The lowest BCUT2D eigenvalue weighted by Crippen LogP contribution is -2.18. The summed E-state index contributed by atoms with van der Waals surface area (Å²) in [5.74, 6) is -0.0975. The largest absolute Gasteiger partial charge is 0.321 e. The highest BCUT2D eigenvalue weighted by Crippen LogP contribution is 2.32. The molecule has 146 valence electrons. The number of hydrogen-bond donors (Lipinski definition) is 1. The van der Waals surface area contributed by atoms with Gasteiger partial charge in [0.2, 0.25) is 0 Å². The predicted molar refractivity (Wildman–Crippen MR) is 114 cm³/mol. The van der Waals surface area contributed by atoms with Crippen molar-refractivity contribution in [1.82, 2.24) is 19.8 Å². The number of nitrogens with one attached hydrogen (secondary N) is 1. The van der Waals surface area contributed by atoms with E-state index < -0.39 is 0 Å². The van der Waals surface area contributed by atoms with Crippen molar-refractivity contribution < 1.29 is 4.79 Å². The molecule has 0 fully saturated rings. The van der Waals surface area contributed by atoms with E-state index in [1.54, 1.807) is 4.52 Å². The van der Waals surface area contributed by atoms with E-state index in [9.17, 15) is 4.79 Å². The van der Waals surface area contributed by atoms with Gasteiger partial charge in [0.15, 0.2) is 11.3 Å². The van der Waals surface area contributed by atoms with Crippen molar-refractivity contribution in [3.05, 3.63) is 77.2 Å². The maximum atomic E-state index is 12.8. The average molecular weight is 385 g/mol. The third-order valence-corrected chi connectivity index (χ3v) is 4.93. The lowest BCUT2D eigenvalue weighted by atomic mass is 10.00. The smallest absolute Gasteiger partial charge is 0.278 e. The second-order valence-corrected chi connectivity index (χ2v) is 7.47. The first-order chi connectivity index (χ1) is 14.0. The number of carbonyl (C=O) groups is 1. The molecule has 0 unspecified atom stereocenters. The van der Waals surface area contributed by atoms with Crippen molar-refractivity contribution in [3.63, 3.8) is 0 Å². The van der Waals surface area contributed by atoms with Crippen LogP contribution in [0.25, 0.3) is 16.8 Å².